The number of fused-ring (bicyclic) bond motifs is 1. The molecule has 2 aromatic heterocycles. The number of rotatable bonds is 3. The van der Waals surface area contributed by atoms with Gasteiger partial charge in [-0.15, -0.1) is 0 Å². The number of halogens is 1. The van der Waals surface area contributed by atoms with Crippen LogP contribution in [0, 0.1) is 0 Å². The van der Waals surface area contributed by atoms with Gasteiger partial charge >= 0.3 is 0 Å². The van der Waals surface area contributed by atoms with Crippen molar-refractivity contribution in [3.63, 3.8) is 0 Å². The van der Waals surface area contributed by atoms with Crippen LogP contribution in [-0.2, 0) is 19.5 Å². The van der Waals surface area contributed by atoms with Gasteiger partial charge < -0.3 is 4.98 Å². The van der Waals surface area contributed by atoms with Gasteiger partial charge in [-0.2, -0.15) is 0 Å². The second-order valence-corrected chi connectivity index (χ2v) is 6.96. The highest BCUT2D eigenvalue weighted by Crippen LogP contribution is 2.21. The minimum absolute atomic E-state index is 0.0428. The molecule has 130 valence electrons. The summed E-state index contributed by atoms with van der Waals surface area (Å²) in [6, 6.07) is 1.92. The smallest absolute Gasteiger partial charge is 0.255 e. The van der Waals surface area contributed by atoms with Crippen LogP contribution in [0.3, 0.4) is 0 Å². The monoisotopic (exact) mass is 357 g/mol. The predicted octanol–water partition coefficient (Wildman–Crippen LogP) is 2.35. The average molecular weight is 358 g/mol. The van der Waals surface area contributed by atoms with E-state index >= 15 is 0 Å². The second kappa shape index (κ2) is 7.06. The average Bonchev–Trinajstić information content (AvgIpc) is 2.65. The number of aromatic nitrogens is 3. The van der Waals surface area contributed by atoms with Gasteiger partial charge in [-0.3, -0.25) is 19.7 Å². The molecule has 0 unspecified atom stereocenters. The van der Waals surface area contributed by atoms with Crippen molar-refractivity contribution in [1.29, 1.82) is 0 Å². The molecule has 0 radical (unpaired) electrons. The van der Waals surface area contributed by atoms with Crippen LogP contribution in [0.5, 0.6) is 0 Å². The van der Waals surface area contributed by atoms with Gasteiger partial charge in [0.05, 0.1) is 22.0 Å². The number of aromatic amines is 1. The van der Waals surface area contributed by atoms with E-state index < -0.39 is 0 Å². The van der Waals surface area contributed by atoms with E-state index in [1.54, 1.807) is 12.4 Å². The molecule has 0 saturated heterocycles. The van der Waals surface area contributed by atoms with Crippen LogP contribution in [0.25, 0.3) is 0 Å². The third-order valence-electron chi connectivity index (χ3n) is 4.80. The Morgan fingerprint density at radius 2 is 2.20 bits per heavy atom. The van der Waals surface area contributed by atoms with Gasteiger partial charge in [0.15, 0.2) is 5.82 Å². The summed E-state index contributed by atoms with van der Waals surface area (Å²) >= 11 is 6.20. The highest BCUT2D eigenvalue weighted by Gasteiger charge is 2.23. The van der Waals surface area contributed by atoms with Gasteiger partial charge in [-0.25, -0.2) is 4.98 Å². The molecule has 0 spiro atoms. The number of hydrogen-bond donors (Lipinski definition) is 1. The minimum atomic E-state index is -0.0428. The van der Waals surface area contributed by atoms with Crippen molar-refractivity contribution in [2.24, 2.45) is 4.99 Å². The van der Waals surface area contributed by atoms with E-state index in [1.807, 2.05) is 6.07 Å². The summed E-state index contributed by atoms with van der Waals surface area (Å²) in [4.78, 5) is 31.0. The fraction of sp³-hybridized carbons (Fsp3) is 0.444. The largest absolute Gasteiger partial charge is 0.305 e. The van der Waals surface area contributed by atoms with Crippen LogP contribution in [0.1, 0.15) is 41.9 Å². The summed E-state index contributed by atoms with van der Waals surface area (Å²) in [7, 11) is 0. The Morgan fingerprint density at radius 1 is 1.28 bits per heavy atom. The van der Waals surface area contributed by atoms with Crippen LogP contribution in [0.15, 0.2) is 28.2 Å². The summed E-state index contributed by atoms with van der Waals surface area (Å²) in [6.07, 6.45) is 7.28. The van der Waals surface area contributed by atoms with E-state index in [0.29, 0.717) is 23.9 Å². The molecule has 7 heteroatoms. The van der Waals surface area contributed by atoms with E-state index in [2.05, 4.69) is 19.9 Å². The maximum Gasteiger partial charge on any atom is 0.255 e. The van der Waals surface area contributed by atoms with Crippen molar-refractivity contribution in [3.05, 3.63) is 56.5 Å². The second-order valence-electron chi connectivity index (χ2n) is 6.55. The van der Waals surface area contributed by atoms with Crippen molar-refractivity contribution in [2.75, 3.05) is 13.1 Å². The molecular formula is C18H20ClN5O. The van der Waals surface area contributed by atoms with Gasteiger partial charge in [-0.05, 0) is 30.9 Å². The topological polar surface area (TPSA) is 74.2 Å². The maximum absolute atomic E-state index is 12.6. The maximum atomic E-state index is 12.6. The van der Waals surface area contributed by atoms with Crippen molar-refractivity contribution < 1.29 is 0 Å². The summed E-state index contributed by atoms with van der Waals surface area (Å²) in [5.74, 6) is 0.661. The zero-order valence-electron chi connectivity index (χ0n) is 14.0. The number of nitrogens with one attached hydrogen (secondary N) is 1. The Morgan fingerprint density at radius 3 is 3.00 bits per heavy atom. The Balaban J connectivity index is 1.56. The number of hydrogen-bond acceptors (Lipinski definition) is 5. The number of nitrogens with zero attached hydrogens (tertiary/aromatic N) is 4. The zero-order chi connectivity index (χ0) is 17.2. The summed E-state index contributed by atoms with van der Waals surface area (Å²) < 4.78 is 0. The first-order valence-corrected chi connectivity index (χ1v) is 9.05. The molecule has 25 heavy (non-hydrogen) atoms. The van der Waals surface area contributed by atoms with Gasteiger partial charge in [0, 0.05) is 45.0 Å². The number of H-pyrrole nitrogens is 1. The molecule has 6 nitrogen and oxygen atoms in total. The van der Waals surface area contributed by atoms with Gasteiger partial charge in [0.2, 0.25) is 0 Å². The normalized spacial score (nSPS) is 17.9. The Kier molecular flexibility index (Phi) is 4.63. The third kappa shape index (κ3) is 3.50. The van der Waals surface area contributed by atoms with Gasteiger partial charge in [-0.1, -0.05) is 11.6 Å². The van der Waals surface area contributed by atoms with Crippen molar-refractivity contribution in [2.45, 2.75) is 38.8 Å². The number of aliphatic imine (C=N–C) groups is 1. The quantitative estimate of drug-likeness (QED) is 0.915. The van der Waals surface area contributed by atoms with Crippen molar-refractivity contribution >= 4 is 17.3 Å². The molecular weight excluding hydrogens is 338 g/mol. The Bertz CT molecular complexity index is 876. The standard InChI is InChI=1S/C18H20ClN5O/c19-14-9-20-7-4-12(14)10-24-8-5-15-13(11-24)18(25)23-17(22-15)16-3-1-2-6-21-16/h4,7,9H,1-3,5-6,8,10-11H2,(H,22,23,25). The molecule has 0 fully saturated rings. The molecule has 0 aliphatic carbocycles. The molecule has 0 bridgehead atoms. The van der Waals surface area contributed by atoms with Crippen LogP contribution in [0.2, 0.25) is 5.02 Å². The first-order chi connectivity index (χ1) is 12.2. The SMILES string of the molecule is O=c1[nH]c(C2=NCCCC2)nc2c1CN(Cc1ccncc1Cl)CC2. The highest BCUT2D eigenvalue weighted by atomic mass is 35.5. The molecule has 0 amide bonds. The van der Waals surface area contributed by atoms with Gasteiger partial charge in [0.1, 0.15) is 0 Å². The van der Waals surface area contributed by atoms with E-state index in [-0.39, 0.29) is 5.56 Å². The molecule has 0 saturated carbocycles. The van der Waals surface area contributed by atoms with Crippen LogP contribution >= 0.6 is 11.6 Å². The van der Waals surface area contributed by atoms with E-state index in [0.717, 1.165) is 61.3 Å². The third-order valence-corrected chi connectivity index (χ3v) is 5.14. The molecule has 2 aliphatic rings. The first kappa shape index (κ1) is 16.4. The van der Waals surface area contributed by atoms with Crippen LogP contribution < -0.4 is 5.56 Å². The molecule has 4 rings (SSSR count). The molecule has 2 aromatic rings. The van der Waals surface area contributed by atoms with Crippen LogP contribution in [-0.4, -0.2) is 38.7 Å². The van der Waals surface area contributed by atoms with E-state index in [4.69, 9.17) is 16.6 Å². The fourth-order valence-electron chi connectivity index (χ4n) is 3.42. The molecule has 4 heterocycles. The van der Waals surface area contributed by atoms with Crippen molar-refractivity contribution in [1.82, 2.24) is 19.9 Å². The molecule has 0 atom stereocenters. The lowest BCUT2D eigenvalue weighted by molar-refractivity contribution is 0.241. The summed E-state index contributed by atoms with van der Waals surface area (Å²) in [5, 5.41) is 0.658. The summed E-state index contributed by atoms with van der Waals surface area (Å²) in [6.45, 7) is 2.97. The zero-order valence-corrected chi connectivity index (χ0v) is 14.7. The van der Waals surface area contributed by atoms with Crippen LogP contribution in [0.4, 0.5) is 0 Å². The van der Waals surface area contributed by atoms with E-state index in [1.165, 1.54) is 0 Å². The van der Waals surface area contributed by atoms with Crippen molar-refractivity contribution in [3.8, 4) is 0 Å². The lowest BCUT2D eigenvalue weighted by Gasteiger charge is -2.28. The summed E-state index contributed by atoms with van der Waals surface area (Å²) in [5.41, 5.74) is 3.59. The van der Waals surface area contributed by atoms with E-state index in [9.17, 15) is 4.79 Å². The minimum Gasteiger partial charge on any atom is -0.305 e. The number of pyridine rings is 1. The Hall–Kier alpha value is -2.05. The fourth-order valence-corrected chi connectivity index (χ4v) is 3.60. The van der Waals surface area contributed by atoms with Gasteiger partial charge in [0.25, 0.3) is 5.56 Å². The first-order valence-electron chi connectivity index (χ1n) is 8.67. The predicted molar refractivity (Wildman–Crippen MR) is 97.2 cm³/mol. The molecule has 0 aromatic carbocycles. The molecule has 1 N–H and O–H groups in total. The highest BCUT2D eigenvalue weighted by molar-refractivity contribution is 6.31. The Labute approximate surface area is 151 Å². The lowest BCUT2D eigenvalue weighted by atomic mass is 10.0. The lowest BCUT2D eigenvalue weighted by Crippen LogP contribution is -2.36. The molecule has 2 aliphatic heterocycles.